The molecule has 2 saturated carbocycles. The molecule has 0 spiro atoms. The highest BCUT2D eigenvalue weighted by Gasteiger charge is 2.40. The molecule has 2 aliphatic rings. The van der Waals surface area contributed by atoms with Gasteiger partial charge in [0.05, 0.1) is 12.2 Å². The van der Waals surface area contributed by atoms with Crippen LogP contribution in [-0.4, -0.2) is 22.4 Å². The van der Waals surface area contributed by atoms with E-state index in [1.807, 2.05) is 0 Å². The number of rotatable bonds is 9. The summed E-state index contributed by atoms with van der Waals surface area (Å²) in [6, 6.07) is 21.4. The first kappa shape index (κ1) is 24.5. The van der Waals surface area contributed by atoms with Crippen molar-refractivity contribution in [3.05, 3.63) is 71.8 Å². The topological polar surface area (TPSA) is 40.5 Å². The van der Waals surface area contributed by atoms with Crippen LogP contribution in [0.5, 0.6) is 0 Å². The molecule has 2 heteroatoms. The third kappa shape index (κ3) is 6.28. The molecule has 2 fully saturated rings. The monoisotopic (exact) mass is 448 g/mol. The Morgan fingerprint density at radius 3 is 1.61 bits per heavy atom. The van der Waals surface area contributed by atoms with Gasteiger partial charge in [0.1, 0.15) is 0 Å². The second-order valence-corrected chi connectivity index (χ2v) is 10.8. The van der Waals surface area contributed by atoms with Gasteiger partial charge in [-0.1, -0.05) is 93.3 Å². The van der Waals surface area contributed by atoms with Crippen LogP contribution in [0.15, 0.2) is 60.7 Å². The summed E-state index contributed by atoms with van der Waals surface area (Å²) < 4.78 is 0. The van der Waals surface area contributed by atoms with Crippen molar-refractivity contribution in [2.45, 2.75) is 102 Å². The lowest BCUT2D eigenvalue weighted by atomic mass is 9.62. The number of hydrogen-bond acceptors (Lipinski definition) is 2. The fourth-order valence-electron chi connectivity index (χ4n) is 6.93. The predicted octanol–water partition coefficient (Wildman–Crippen LogP) is 7.46. The number of benzene rings is 2. The third-order valence-electron chi connectivity index (χ3n) is 8.77. The number of aliphatic hydroxyl groups excluding tert-OH is 2. The lowest BCUT2D eigenvalue weighted by Crippen LogP contribution is -2.37. The van der Waals surface area contributed by atoms with Crippen molar-refractivity contribution in [2.24, 2.45) is 17.8 Å². The first-order chi connectivity index (χ1) is 16.2. The van der Waals surface area contributed by atoms with Gasteiger partial charge in [-0.2, -0.15) is 0 Å². The molecule has 0 saturated heterocycles. The van der Waals surface area contributed by atoms with Gasteiger partial charge in [0, 0.05) is 11.8 Å². The molecule has 6 unspecified atom stereocenters. The molecule has 33 heavy (non-hydrogen) atoms. The smallest absolute Gasteiger partial charge is 0.0608 e. The number of unbranched alkanes of at least 4 members (excludes halogenated alkanes) is 3. The second-order valence-electron chi connectivity index (χ2n) is 10.8. The molecule has 0 heterocycles. The maximum absolute atomic E-state index is 10.9. The van der Waals surface area contributed by atoms with E-state index >= 15 is 0 Å². The van der Waals surface area contributed by atoms with E-state index in [1.54, 1.807) is 0 Å². The van der Waals surface area contributed by atoms with E-state index in [2.05, 4.69) is 67.6 Å². The number of aliphatic hydroxyl groups is 2. The van der Waals surface area contributed by atoms with Crippen LogP contribution in [0.4, 0.5) is 0 Å². The van der Waals surface area contributed by atoms with E-state index in [0.29, 0.717) is 17.8 Å². The highest BCUT2D eigenvalue weighted by atomic mass is 16.3. The minimum Gasteiger partial charge on any atom is -0.392 e. The molecule has 0 amide bonds. The molecular formula is C31H44O2. The first-order valence-electron chi connectivity index (χ1n) is 13.6. The highest BCUT2D eigenvalue weighted by Crippen LogP contribution is 2.48. The Morgan fingerprint density at radius 2 is 1.15 bits per heavy atom. The summed E-state index contributed by atoms with van der Waals surface area (Å²) in [5.74, 6) is 2.59. The van der Waals surface area contributed by atoms with Gasteiger partial charge in [-0.3, -0.25) is 0 Å². The van der Waals surface area contributed by atoms with Gasteiger partial charge in [0.25, 0.3) is 0 Å². The zero-order chi connectivity index (χ0) is 23.0. The lowest BCUT2D eigenvalue weighted by Gasteiger charge is -2.44. The molecule has 2 N–H and O–H groups in total. The average molecular weight is 449 g/mol. The van der Waals surface area contributed by atoms with Crippen molar-refractivity contribution < 1.29 is 10.2 Å². The molecule has 180 valence electrons. The van der Waals surface area contributed by atoms with Crippen LogP contribution in [-0.2, 0) is 0 Å². The average Bonchev–Trinajstić information content (AvgIpc) is 2.86. The molecule has 2 nitrogen and oxygen atoms in total. The first-order valence-corrected chi connectivity index (χ1v) is 13.6. The van der Waals surface area contributed by atoms with E-state index in [0.717, 1.165) is 38.5 Å². The molecule has 0 radical (unpaired) electrons. The minimum absolute atomic E-state index is 0.213. The maximum Gasteiger partial charge on any atom is 0.0608 e. The quantitative estimate of drug-likeness (QED) is 0.391. The van der Waals surface area contributed by atoms with Gasteiger partial charge < -0.3 is 10.2 Å². The molecule has 2 aromatic carbocycles. The molecule has 0 bridgehead atoms. The third-order valence-corrected chi connectivity index (χ3v) is 8.77. The van der Waals surface area contributed by atoms with Gasteiger partial charge >= 0.3 is 0 Å². The van der Waals surface area contributed by atoms with Crippen molar-refractivity contribution in [2.75, 3.05) is 0 Å². The Labute approximate surface area is 201 Å². The summed E-state index contributed by atoms with van der Waals surface area (Å²) in [5, 5.41) is 21.7. The Balaban J connectivity index is 1.51. The standard InChI is InChI=1S/C31H44O2/c1-2-3-4-11-16-27(25-17-19-30(32)28(21-25)23-12-7-5-8-13-23)26-18-20-31(33)29(22-26)24-14-9-6-10-15-24/h5-10,12-15,25-33H,2-4,11,16-22H2,1H3. The van der Waals surface area contributed by atoms with E-state index in [9.17, 15) is 10.2 Å². The van der Waals surface area contributed by atoms with Crippen molar-refractivity contribution in [3.63, 3.8) is 0 Å². The summed E-state index contributed by atoms with van der Waals surface area (Å²) in [7, 11) is 0. The van der Waals surface area contributed by atoms with E-state index in [-0.39, 0.29) is 24.0 Å². The van der Waals surface area contributed by atoms with Crippen LogP contribution in [0.25, 0.3) is 0 Å². The fraction of sp³-hybridized carbons (Fsp3) is 0.613. The van der Waals surface area contributed by atoms with Crippen LogP contribution in [0.2, 0.25) is 0 Å². The summed E-state index contributed by atoms with van der Waals surface area (Å²) in [6.07, 6.45) is 12.5. The minimum atomic E-state index is -0.213. The van der Waals surface area contributed by atoms with E-state index in [4.69, 9.17) is 0 Å². The Hall–Kier alpha value is -1.64. The second kappa shape index (κ2) is 12.2. The molecule has 2 aliphatic carbocycles. The van der Waals surface area contributed by atoms with Gasteiger partial charge in [-0.25, -0.2) is 0 Å². The lowest BCUT2D eigenvalue weighted by molar-refractivity contribution is 0.0221. The predicted molar refractivity (Wildman–Crippen MR) is 137 cm³/mol. The molecule has 2 aromatic rings. The summed E-state index contributed by atoms with van der Waals surface area (Å²) in [5.41, 5.74) is 2.61. The SMILES string of the molecule is CCCCCCC(C1CCC(O)C(c2ccccc2)C1)C1CCC(O)C(c2ccccc2)C1. The molecule has 6 atom stereocenters. The summed E-state index contributed by atoms with van der Waals surface area (Å²) >= 11 is 0. The van der Waals surface area contributed by atoms with Crippen molar-refractivity contribution >= 4 is 0 Å². The zero-order valence-electron chi connectivity index (χ0n) is 20.5. The Bertz CT molecular complexity index is 741. The van der Waals surface area contributed by atoms with Crippen LogP contribution in [0, 0.1) is 17.8 Å². The van der Waals surface area contributed by atoms with Crippen molar-refractivity contribution in [1.82, 2.24) is 0 Å². The summed E-state index contributed by atoms with van der Waals surface area (Å²) in [6.45, 7) is 2.29. The largest absolute Gasteiger partial charge is 0.392 e. The van der Waals surface area contributed by atoms with Crippen LogP contribution in [0.1, 0.15) is 101 Å². The van der Waals surface area contributed by atoms with Gasteiger partial charge in [0.2, 0.25) is 0 Å². The number of hydrogen-bond donors (Lipinski definition) is 2. The van der Waals surface area contributed by atoms with Crippen molar-refractivity contribution in [1.29, 1.82) is 0 Å². The molecule has 4 rings (SSSR count). The molecule has 0 aliphatic heterocycles. The van der Waals surface area contributed by atoms with Crippen LogP contribution in [0.3, 0.4) is 0 Å². The van der Waals surface area contributed by atoms with E-state index in [1.165, 1.54) is 43.2 Å². The Morgan fingerprint density at radius 1 is 0.667 bits per heavy atom. The maximum atomic E-state index is 10.9. The van der Waals surface area contributed by atoms with E-state index < -0.39 is 0 Å². The normalized spacial score (nSPS) is 31.2. The van der Waals surface area contributed by atoms with Crippen LogP contribution >= 0.6 is 0 Å². The van der Waals surface area contributed by atoms with Gasteiger partial charge in [0.15, 0.2) is 0 Å². The fourth-order valence-corrected chi connectivity index (χ4v) is 6.93. The Kier molecular flexibility index (Phi) is 9.03. The highest BCUT2D eigenvalue weighted by molar-refractivity contribution is 5.23. The van der Waals surface area contributed by atoms with Crippen LogP contribution < -0.4 is 0 Å². The van der Waals surface area contributed by atoms with Gasteiger partial charge in [-0.15, -0.1) is 0 Å². The van der Waals surface area contributed by atoms with Gasteiger partial charge in [-0.05, 0) is 73.8 Å². The molecule has 0 aromatic heterocycles. The molecular weight excluding hydrogens is 404 g/mol. The zero-order valence-corrected chi connectivity index (χ0v) is 20.5. The summed E-state index contributed by atoms with van der Waals surface area (Å²) in [4.78, 5) is 0. The van der Waals surface area contributed by atoms with Crippen molar-refractivity contribution in [3.8, 4) is 0 Å².